The number of imide groups is 1. The molecule has 0 bridgehead atoms. The second kappa shape index (κ2) is 13.0. The van der Waals surface area contributed by atoms with Crippen LogP contribution in [0.3, 0.4) is 0 Å². The van der Waals surface area contributed by atoms with Crippen LogP contribution in [0.25, 0.3) is 15.8 Å². The first-order valence-corrected chi connectivity index (χ1v) is 18.0. The van der Waals surface area contributed by atoms with Crippen LogP contribution in [0.4, 0.5) is 5.95 Å². The molecule has 0 spiro atoms. The molecule has 0 atom stereocenters. The molecule has 242 valence electrons. The van der Waals surface area contributed by atoms with Gasteiger partial charge >= 0.3 is 0 Å². The van der Waals surface area contributed by atoms with Gasteiger partial charge in [0.25, 0.3) is 17.0 Å². The molecule has 13 heteroatoms. The highest BCUT2D eigenvalue weighted by atomic mass is 32.3. The number of anilines is 1. The maximum Gasteiger partial charge on any atom is 0.274 e. The normalized spacial score (nSPS) is 17.8. The molecule has 1 saturated heterocycles. The minimum atomic E-state index is -3.52. The number of amides is 2. The van der Waals surface area contributed by atoms with E-state index in [2.05, 4.69) is 26.8 Å². The van der Waals surface area contributed by atoms with Gasteiger partial charge in [0.05, 0.1) is 21.3 Å². The van der Waals surface area contributed by atoms with E-state index >= 15 is 0 Å². The summed E-state index contributed by atoms with van der Waals surface area (Å²) in [6.45, 7) is 4.16. The van der Waals surface area contributed by atoms with Crippen LogP contribution in [0.2, 0.25) is 0 Å². The van der Waals surface area contributed by atoms with Crippen molar-refractivity contribution in [3.63, 3.8) is 0 Å². The quantitative estimate of drug-likeness (QED) is 0.194. The summed E-state index contributed by atoms with van der Waals surface area (Å²) < 4.78 is 29.3. The van der Waals surface area contributed by atoms with Gasteiger partial charge in [-0.3, -0.25) is 23.7 Å². The Balaban J connectivity index is 0.999. The first kappa shape index (κ1) is 31.2. The number of piperidine rings is 1. The number of carbonyl (C=O) groups is 2. The number of aromatic nitrogens is 3. The van der Waals surface area contributed by atoms with Crippen LogP contribution in [-0.4, -0.2) is 71.6 Å². The summed E-state index contributed by atoms with van der Waals surface area (Å²) in [7, 11) is -3.52. The van der Waals surface area contributed by atoms with Crippen molar-refractivity contribution in [2.45, 2.75) is 45.1 Å². The number of thiazole rings is 1. The lowest BCUT2D eigenvalue weighted by Crippen LogP contribution is -2.39. The molecule has 0 unspecified atom stereocenters. The molecule has 0 radical (unpaired) electrons. The lowest BCUT2D eigenvalue weighted by molar-refractivity contribution is 0.0721. The van der Waals surface area contributed by atoms with Crippen LogP contribution in [-0.2, 0) is 6.42 Å². The summed E-state index contributed by atoms with van der Waals surface area (Å²) >= 11 is 1.49. The lowest BCUT2D eigenvalue weighted by atomic mass is 10.0. The second-order valence-corrected chi connectivity index (χ2v) is 14.5. The molecule has 3 aliphatic heterocycles. The Kier molecular flexibility index (Phi) is 8.62. The first-order valence-electron chi connectivity index (χ1n) is 15.6. The highest BCUT2D eigenvalue weighted by molar-refractivity contribution is 8.39. The zero-order valence-corrected chi connectivity index (χ0v) is 27.4. The zero-order valence-electron chi connectivity index (χ0n) is 25.8. The van der Waals surface area contributed by atoms with Crippen molar-refractivity contribution in [2.75, 3.05) is 24.5 Å². The monoisotopic (exact) mass is 670 g/mol. The molecule has 2 N–H and O–H groups in total. The number of hydrogen-bond donors (Lipinski definition) is 2. The summed E-state index contributed by atoms with van der Waals surface area (Å²) in [6.07, 6.45) is 11.1. The van der Waals surface area contributed by atoms with Crippen molar-refractivity contribution >= 4 is 60.5 Å². The molecule has 2 aromatic carbocycles. The molecule has 11 nitrogen and oxygen atoms in total. The van der Waals surface area contributed by atoms with Gasteiger partial charge in [0, 0.05) is 56.5 Å². The smallest absolute Gasteiger partial charge is 0.274 e. The molecule has 2 amide bonds. The highest BCUT2D eigenvalue weighted by Gasteiger charge is 2.34. The number of benzene rings is 2. The predicted octanol–water partition coefficient (Wildman–Crippen LogP) is 6.79. The predicted molar refractivity (Wildman–Crippen MR) is 185 cm³/mol. The summed E-state index contributed by atoms with van der Waals surface area (Å²) in [5.41, 5.74) is 4.40. The lowest BCUT2D eigenvalue weighted by Gasteiger charge is -2.31. The van der Waals surface area contributed by atoms with Crippen LogP contribution >= 0.6 is 21.9 Å². The average molecular weight is 671 g/mol. The van der Waals surface area contributed by atoms with Crippen LogP contribution in [0.15, 0.2) is 77.5 Å². The van der Waals surface area contributed by atoms with E-state index in [1.807, 2.05) is 30.6 Å². The van der Waals surface area contributed by atoms with Gasteiger partial charge in [0.2, 0.25) is 5.95 Å². The number of fused-ring (bicyclic) bond motifs is 2. The van der Waals surface area contributed by atoms with Gasteiger partial charge in [0.15, 0.2) is 0 Å². The van der Waals surface area contributed by atoms with E-state index < -0.39 is 22.4 Å². The second-order valence-electron chi connectivity index (χ2n) is 11.7. The molecular formula is C34H34N6O5S2. The van der Waals surface area contributed by atoms with Gasteiger partial charge in [-0.25, -0.2) is 19.9 Å². The fraction of sp³-hybridized carbons (Fsp3) is 0.294. The fourth-order valence-corrected chi connectivity index (χ4v) is 7.87. The number of aliphatic imine (C=N–C) groups is 1. The van der Waals surface area contributed by atoms with Crippen molar-refractivity contribution in [3.05, 3.63) is 94.8 Å². The summed E-state index contributed by atoms with van der Waals surface area (Å²) in [6, 6.07) is 12.5. The maximum absolute atomic E-state index is 12.7. The fourth-order valence-electron chi connectivity index (χ4n) is 5.92. The van der Waals surface area contributed by atoms with Crippen molar-refractivity contribution in [2.24, 2.45) is 4.99 Å². The van der Waals surface area contributed by atoms with Crippen molar-refractivity contribution in [1.29, 1.82) is 0 Å². The van der Waals surface area contributed by atoms with Crippen LogP contribution in [0.1, 0.15) is 64.4 Å². The Morgan fingerprint density at radius 1 is 1.04 bits per heavy atom. The van der Waals surface area contributed by atoms with Gasteiger partial charge in [0.1, 0.15) is 11.1 Å². The minimum Gasteiger partial charge on any atom is -0.467 e. The van der Waals surface area contributed by atoms with E-state index in [1.165, 1.54) is 11.3 Å². The number of hydrogen-bond acceptors (Lipinski definition) is 11. The highest BCUT2D eigenvalue weighted by Crippen LogP contribution is 2.45. The van der Waals surface area contributed by atoms with Gasteiger partial charge in [-0.15, -0.1) is 10.6 Å². The van der Waals surface area contributed by atoms with Gasteiger partial charge in [-0.2, -0.15) is 0 Å². The van der Waals surface area contributed by atoms with E-state index in [0.717, 1.165) is 88.1 Å². The molecule has 0 saturated carbocycles. The van der Waals surface area contributed by atoms with Gasteiger partial charge in [-0.1, -0.05) is 42.9 Å². The third-order valence-electron chi connectivity index (χ3n) is 8.44. The number of rotatable bonds is 8. The number of aryl methyl sites for hydroxylation is 1. The third kappa shape index (κ3) is 6.44. The Morgan fingerprint density at radius 2 is 1.77 bits per heavy atom. The molecular weight excluding hydrogens is 637 g/mol. The maximum atomic E-state index is 12.7. The molecule has 3 aliphatic rings. The summed E-state index contributed by atoms with van der Waals surface area (Å²) in [5, 5.41) is 1.82. The average Bonchev–Trinajstić information content (AvgIpc) is 3.61. The van der Waals surface area contributed by atoms with Gasteiger partial charge < -0.3 is 9.64 Å². The van der Waals surface area contributed by atoms with Crippen molar-refractivity contribution < 1.29 is 23.4 Å². The van der Waals surface area contributed by atoms with E-state index in [4.69, 9.17) is 9.72 Å². The molecule has 4 aromatic rings. The van der Waals surface area contributed by atoms with Crippen molar-refractivity contribution in [1.82, 2.24) is 19.9 Å². The zero-order chi connectivity index (χ0) is 32.5. The van der Waals surface area contributed by atoms with E-state index in [1.54, 1.807) is 30.3 Å². The number of nitrogens with zero attached hydrogens (tertiary/aromatic N) is 6. The van der Waals surface area contributed by atoms with E-state index in [9.17, 15) is 18.7 Å². The largest absolute Gasteiger partial charge is 0.467 e. The summed E-state index contributed by atoms with van der Waals surface area (Å²) in [4.78, 5) is 46.7. The first-order chi connectivity index (χ1) is 22.8. The topological polar surface area (TPSA) is 141 Å². The molecule has 5 heterocycles. The van der Waals surface area contributed by atoms with Crippen LogP contribution in [0, 0.1) is 0 Å². The van der Waals surface area contributed by atoms with Crippen LogP contribution in [0.5, 0.6) is 5.19 Å². The Morgan fingerprint density at radius 3 is 2.47 bits per heavy atom. The standard InChI is InChI=1S/C34H34N6O5S2/c1-2-5-22-20-36-33(37-21-22)39-14-11-25(12-15-39)45-34-38-28-9-8-23(18-29(28)46-34)24-10-13-35-30(19-24)47(43,44)17-16-40-31(41)26-6-3-4-7-27(26)32(40)42/h3-4,6-9,16-21,25,43-44H,2,5,10-15H2,1H3. The number of ether oxygens (including phenoxy) is 1. The molecule has 0 aliphatic carbocycles. The van der Waals surface area contributed by atoms with Gasteiger partial charge in [-0.05, 0) is 59.9 Å². The molecule has 47 heavy (non-hydrogen) atoms. The number of carbonyl (C=O) groups excluding carboxylic acids is 2. The summed E-state index contributed by atoms with van der Waals surface area (Å²) in [5.74, 6) is -0.248. The molecule has 2 aromatic heterocycles. The Hall–Kier alpha value is -4.43. The number of dihydropyridines is 1. The van der Waals surface area contributed by atoms with E-state index in [0.29, 0.717) is 18.2 Å². The molecule has 7 rings (SSSR count). The Bertz CT molecular complexity index is 1890. The molecule has 1 fully saturated rings. The van der Waals surface area contributed by atoms with Crippen LogP contribution < -0.4 is 9.64 Å². The SMILES string of the molecule is CCCc1cnc(N2CCC(Oc3nc4ccc(C5=CC(S(O)(O)C=CN6C(=O)c7ccccc7C6=O)=NCC5)cc4s3)CC2)nc1. The Labute approximate surface area is 277 Å². The third-order valence-corrected chi connectivity index (χ3v) is 10.7. The van der Waals surface area contributed by atoms with E-state index in [-0.39, 0.29) is 22.3 Å². The van der Waals surface area contributed by atoms with Crippen molar-refractivity contribution in [3.8, 4) is 5.19 Å². The minimum absolute atomic E-state index is 0.0593.